The van der Waals surface area contributed by atoms with Crippen LogP contribution in [-0.4, -0.2) is 17.4 Å². The van der Waals surface area contributed by atoms with Gasteiger partial charge in [-0.1, -0.05) is 6.92 Å². The smallest absolute Gasteiger partial charge is 0.251 e. The van der Waals surface area contributed by atoms with Crippen LogP contribution in [0.4, 0.5) is 5.69 Å². The molecule has 21 heavy (non-hydrogen) atoms. The third-order valence-electron chi connectivity index (χ3n) is 3.43. The summed E-state index contributed by atoms with van der Waals surface area (Å²) in [6, 6.07) is 5.73. The van der Waals surface area contributed by atoms with Crippen molar-refractivity contribution in [3.63, 3.8) is 0 Å². The molecule has 0 bridgehead atoms. The zero-order chi connectivity index (χ0) is 13.9. The molecule has 5 nitrogen and oxygen atoms in total. The van der Waals surface area contributed by atoms with Crippen LogP contribution in [0.2, 0.25) is 0 Å². The lowest BCUT2D eigenvalue weighted by Gasteiger charge is -2.05. The van der Waals surface area contributed by atoms with E-state index in [1.165, 1.54) is 5.56 Å². The molecule has 1 aromatic heterocycles. The highest BCUT2D eigenvalue weighted by molar-refractivity contribution is 5.95. The third kappa shape index (κ3) is 3.36. The molecule has 0 atom stereocenters. The lowest BCUT2D eigenvalue weighted by molar-refractivity contribution is 0.0947. The second-order valence-corrected chi connectivity index (χ2v) is 4.81. The highest BCUT2D eigenvalue weighted by atomic mass is 35.5. The molecule has 2 N–H and O–H groups in total. The Balaban J connectivity index is 0.00000161. The van der Waals surface area contributed by atoms with Gasteiger partial charge in [0.25, 0.3) is 5.91 Å². The van der Waals surface area contributed by atoms with Crippen LogP contribution in [0, 0.1) is 0 Å². The Morgan fingerprint density at radius 2 is 2.33 bits per heavy atom. The SMILES string of the molecule is CCc1cnc(CNC(=O)c2ccc3c(c2)CCN3)o1.Cl. The first-order valence-electron chi connectivity index (χ1n) is 6.85. The van der Waals surface area contributed by atoms with Gasteiger partial charge in [0.15, 0.2) is 0 Å². The number of anilines is 1. The Kier molecular flexibility index (Phi) is 4.85. The summed E-state index contributed by atoms with van der Waals surface area (Å²) in [5.74, 6) is 1.27. The van der Waals surface area contributed by atoms with E-state index < -0.39 is 0 Å². The minimum absolute atomic E-state index is 0. The standard InChI is InChI=1S/C15H17N3O2.ClH/c1-2-12-8-17-14(20-12)9-18-15(19)11-3-4-13-10(7-11)5-6-16-13;/h3-4,7-8,16H,2,5-6,9H2,1H3,(H,18,19);1H. The van der Waals surface area contributed by atoms with Crippen LogP contribution >= 0.6 is 12.4 Å². The molecule has 1 aliphatic heterocycles. The van der Waals surface area contributed by atoms with E-state index in [4.69, 9.17) is 4.42 Å². The van der Waals surface area contributed by atoms with E-state index >= 15 is 0 Å². The second-order valence-electron chi connectivity index (χ2n) is 4.81. The van der Waals surface area contributed by atoms with Crippen LogP contribution in [0.15, 0.2) is 28.8 Å². The summed E-state index contributed by atoms with van der Waals surface area (Å²) >= 11 is 0. The summed E-state index contributed by atoms with van der Waals surface area (Å²) in [6.07, 6.45) is 3.47. The van der Waals surface area contributed by atoms with Gasteiger partial charge < -0.3 is 15.1 Å². The number of aromatic nitrogens is 1. The minimum atomic E-state index is -0.101. The largest absolute Gasteiger partial charge is 0.444 e. The number of hydrogen-bond acceptors (Lipinski definition) is 4. The molecule has 1 aliphatic rings. The average molecular weight is 308 g/mol. The Labute approximate surface area is 129 Å². The number of carbonyl (C=O) groups excluding carboxylic acids is 1. The maximum Gasteiger partial charge on any atom is 0.251 e. The van der Waals surface area contributed by atoms with E-state index in [-0.39, 0.29) is 18.3 Å². The number of benzene rings is 1. The quantitative estimate of drug-likeness (QED) is 0.911. The minimum Gasteiger partial charge on any atom is -0.444 e. The third-order valence-corrected chi connectivity index (χ3v) is 3.43. The van der Waals surface area contributed by atoms with Crippen LogP contribution < -0.4 is 10.6 Å². The zero-order valence-electron chi connectivity index (χ0n) is 11.8. The number of nitrogens with zero attached hydrogens (tertiary/aromatic N) is 1. The van der Waals surface area contributed by atoms with Gasteiger partial charge in [-0.25, -0.2) is 4.98 Å². The highest BCUT2D eigenvalue weighted by Crippen LogP contribution is 2.22. The Morgan fingerprint density at radius 1 is 1.48 bits per heavy atom. The van der Waals surface area contributed by atoms with Gasteiger partial charge in [-0.15, -0.1) is 12.4 Å². The van der Waals surface area contributed by atoms with Gasteiger partial charge in [-0.2, -0.15) is 0 Å². The Hall–Kier alpha value is -2.01. The molecule has 0 spiro atoms. The molecule has 0 fully saturated rings. The number of hydrogen-bond donors (Lipinski definition) is 2. The summed E-state index contributed by atoms with van der Waals surface area (Å²) in [6.45, 7) is 3.26. The van der Waals surface area contributed by atoms with Crippen molar-refractivity contribution in [3.05, 3.63) is 47.2 Å². The highest BCUT2D eigenvalue weighted by Gasteiger charge is 2.13. The molecule has 0 aliphatic carbocycles. The van der Waals surface area contributed by atoms with E-state index in [1.807, 2.05) is 25.1 Å². The Morgan fingerprint density at radius 3 is 3.10 bits per heavy atom. The summed E-state index contributed by atoms with van der Waals surface area (Å²) in [7, 11) is 0. The average Bonchev–Trinajstić information content (AvgIpc) is 3.12. The van der Waals surface area contributed by atoms with E-state index in [1.54, 1.807) is 6.20 Å². The number of carbonyl (C=O) groups is 1. The molecule has 0 saturated carbocycles. The van der Waals surface area contributed by atoms with E-state index in [9.17, 15) is 4.79 Å². The number of oxazole rings is 1. The molecule has 2 aromatic rings. The van der Waals surface area contributed by atoms with Crippen molar-refractivity contribution in [1.82, 2.24) is 10.3 Å². The molecule has 0 radical (unpaired) electrons. The first kappa shape index (κ1) is 15.4. The van der Waals surface area contributed by atoms with Gasteiger partial charge in [0.1, 0.15) is 5.76 Å². The lowest BCUT2D eigenvalue weighted by atomic mass is 10.1. The van der Waals surface area contributed by atoms with Crippen molar-refractivity contribution in [2.24, 2.45) is 0 Å². The van der Waals surface area contributed by atoms with Crippen LogP contribution in [0.25, 0.3) is 0 Å². The fourth-order valence-electron chi connectivity index (χ4n) is 2.30. The number of rotatable bonds is 4. The fraction of sp³-hybridized carbons (Fsp3) is 0.333. The first-order valence-corrected chi connectivity index (χ1v) is 6.85. The molecule has 3 rings (SSSR count). The molecule has 1 amide bonds. The summed E-state index contributed by atoms with van der Waals surface area (Å²) < 4.78 is 5.46. The second kappa shape index (κ2) is 6.63. The van der Waals surface area contributed by atoms with Gasteiger partial charge in [-0.3, -0.25) is 4.79 Å². The number of aryl methyl sites for hydroxylation is 1. The van der Waals surface area contributed by atoms with Crippen molar-refractivity contribution in [3.8, 4) is 0 Å². The van der Waals surface area contributed by atoms with Gasteiger partial charge in [0.2, 0.25) is 5.89 Å². The maximum absolute atomic E-state index is 12.1. The van der Waals surface area contributed by atoms with Gasteiger partial charge in [-0.05, 0) is 30.2 Å². The summed E-state index contributed by atoms with van der Waals surface area (Å²) in [5.41, 5.74) is 3.00. The molecule has 1 aromatic carbocycles. The first-order chi connectivity index (χ1) is 9.76. The molecule has 6 heteroatoms. The lowest BCUT2D eigenvalue weighted by Crippen LogP contribution is -2.23. The normalized spacial score (nSPS) is 12.2. The zero-order valence-corrected chi connectivity index (χ0v) is 12.6. The predicted octanol–water partition coefficient (Wildman–Crippen LogP) is 2.56. The van der Waals surface area contributed by atoms with E-state index in [2.05, 4.69) is 15.6 Å². The topological polar surface area (TPSA) is 67.2 Å². The van der Waals surface area contributed by atoms with Gasteiger partial charge >= 0.3 is 0 Å². The Bertz CT molecular complexity index is 640. The van der Waals surface area contributed by atoms with E-state index in [0.29, 0.717) is 18.0 Å². The maximum atomic E-state index is 12.1. The van der Waals surface area contributed by atoms with Crippen LogP contribution in [0.3, 0.4) is 0 Å². The molecular formula is C15H18ClN3O2. The molecule has 0 saturated heterocycles. The number of amides is 1. The van der Waals surface area contributed by atoms with Gasteiger partial charge in [0, 0.05) is 24.2 Å². The molecule has 112 valence electrons. The number of fused-ring (bicyclic) bond motifs is 1. The summed E-state index contributed by atoms with van der Waals surface area (Å²) in [5, 5.41) is 6.10. The van der Waals surface area contributed by atoms with Crippen molar-refractivity contribution in [1.29, 1.82) is 0 Å². The molecule has 0 unspecified atom stereocenters. The number of halogens is 1. The van der Waals surface area contributed by atoms with Crippen molar-refractivity contribution < 1.29 is 9.21 Å². The molecular weight excluding hydrogens is 290 g/mol. The van der Waals surface area contributed by atoms with Crippen LogP contribution in [0.1, 0.15) is 34.5 Å². The fourth-order valence-corrected chi connectivity index (χ4v) is 2.30. The summed E-state index contributed by atoms with van der Waals surface area (Å²) in [4.78, 5) is 16.2. The van der Waals surface area contributed by atoms with Crippen molar-refractivity contribution in [2.75, 3.05) is 11.9 Å². The van der Waals surface area contributed by atoms with Gasteiger partial charge in [0.05, 0.1) is 12.7 Å². The number of nitrogens with one attached hydrogen (secondary N) is 2. The van der Waals surface area contributed by atoms with E-state index in [0.717, 1.165) is 30.8 Å². The predicted molar refractivity (Wildman–Crippen MR) is 82.9 cm³/mol. The van der Waals surface area contributed by atoms with Crippen molar-refractivity contribution in [2.45, 2.75) is 26.3 Å². The van der Waals surface area contributed by atoms with Crippen molar-refractivity contribution >= 4 is 24.0 Å². The van der Waals surface area contributed by atoms with Crippen LogP contribution in [0.5, 0.6) is 0 Å². The molecule has 2 heterocycles. The van der Waals surface area contributed by atoms with Crippen LogP contribution in [-0.2, 0) is 19.4 Å². The monoisotopic (exact) mass is 307 g/mol.